The van der Waals surface area contributed by atoms with Crippen molar-refractivity contribution in [2.75, 3.05) is 6.61 Å². The molecule has 11 nitrogen and oxygen atoms in total. The number of carbonyl (C=O) groups excluding carboxylic acids is 1. The molecule has 0 saturated carbocycles. The summed E-state index contributed by atoms with van der Waals surface area (Å²) in [7, 11) is 0. The summed E-state index contributed by atoms with van der Waals surface area (Å²) in [6.45, 7) is -0.563. The Kier molecular flexibility index (Phi) is 5.59. The highest BCUT2D eigenvalue weighted by Crippen LogP contribution is 2.33. The van der Waals surface area contributed by atoms with Gasteiger partial charge < -0.3 is 45.0 Å². The Morgan fingerprint density at radius 2 is 1.78 bits per heavy atom. The average Bonchev–Trinajstić information content (AvgIpc) is 3.49. The van der Waals surface area contributed by atoms with Gasteiger partial charge in [-0.05, 0) is 42.5 Å². The predicted molar refractivity (Wildman–Crippen MR) is 131 cm³/mol. The van der Waals surface area contributed by atoms with Crippen LogP contribution in [-0.2, 0) is 4.74 Å². The number of ketones is 1. The molecule has 1 saturated heterocycles. The van der Waals surface area contributed by atoms with Crippen LogP contribution >= 0.6 is 0 Å². The van der Waals surface area contributed by atoms with Crippen molar-refractivity contribution in [3.63, 3.8) is 0 Å². The van der Waals surface area contributed by atoms with Gasteiger partial charge in [0.05, 0.1) is 12.1 Å². The van der Waals surface area contributed by atoms with Crippen LogP contribution in [0.3, 0.4) is 0 Å². The van der Waals surface area contributed by atoms with E-state index >= 15 is 0 Å². The lowest BCUT2D eigenvalue weighted by Crippen LogP contribution is -2.60. The molecule has 0 spiro atoms. The van der Waals surface area contributed by atoms with Crippen molar-refractivity contribution >= 4 is 38.5 Å². The third-order valence-electron chi connectivity index (χ3n) is 6.72. The van der Waals surface area contributed by atoms with Gasteiger partial charge in [-0.2, -0.15) is 0 Å². The monoisotopic (exact) mass is 505 g/mol. The fraction of sp³-hybridized carbons (Fsp3) is 0.231. The summed E-state index contributed by atoms with van der Waals surface area (Å²) in [4.78, 5) is 24.1. The van der Waals surface area contributed by atoms with Crippen LogP contribution in [0.2, 0.25) is 0 Å². The summed E-state index contributed by atoms with van der Waals surface area (Å²) < 4.78 is 11.2. The van der Waals surface area contributed by atoms with E-state index < -0.39 is 37.3 Å². The molecule has 3 aromatic heterocycles. The molecular weight excluding hydrogens is 482 g/mol. The highest BCUT2D eigenvalue weighted by Gasteiger charge is 2.44. The zero-order valence-electron chi connectivity index (χ0n) is 19.2. The van der Waals surface area contributed by atoms with Gasteiger partial charge in [0.1, 0.15) is 41.6 Å². The first-order valence-electron chi connectivity index (χ1n) is 11.6. The lowest BCUT2D eigenvalue weighted by molar-refractivity contribution is -0.277. The number of carbonyl (C=O) groups is 1. The standard InChI is InChI=1S/C26H23N3O8/c30-10-19-23(33)24(34)25(35)26(37-19)36-12-2-4-18-15(8-12)13-5-6-27-21(20(13)29-18)22(32)16-9-28-17-3-1-11(31)7-14(16)17/h1-9,19,23-26,28-31,33-35H,10H2/t19-,23-,24+,25-,26-/m1/s1. The van der Waals surface area contributed by atoms with Gasteiger partial charge in [-0.3, -0.25) is 9.78 Å². The molecule has 11 heteroatoms. The molecule has 1 aliphatic rings. The number of hydrogen-bond donors (Lipinski definition) is 7. The molecule has 1 fully saturated rings. The highest BCUT2D eigenvalue weighted by molar-refractivity contribution is 6.22. The Labute approximate surface area is 208 Å². The second kappa shape index (κ2) is 8.83. The van der Waals surface area contributed by atoms with E-state index in [9.17, 15) is 30.3 Å². The molecule has 0 aliphatic carbocycles. The van der Waals surface area contributed by atoms with Crippen molar-refractivity contribution < 1.29 is 39.8 Å². The first-order valence-corrected chi connectivity index (χ1v) is 11.6. The fourth-order valence-electron chi connectivity index (χ4n) is 4.77. The number of nitrogens with one attached hydrogen (secondary N) is 2. The maximum atomic E-state index is 13.5. The van der Waals surface area contributed by atoms with E-state index in [2.05, 4.69) is 15.0 Å². The summed E-state index contributed by atoms with van der Waals surface area (Å²) in [5, 5.41) is 51.6. The molecule has 0 unspecified atom stereocenters. The van der Waals surface area contributed by atoms with Crippen LogP contribution in [0.1, 0.15) is 16.1 Å². The minimum Gasteiger partial charge on any atom is -0.508 e. The molecule has 0 amide bonds. The Balaban J connectivity index is 1.37. The summed E-state index contributed by atoms with van der Waals surface area (Å²) in [6.07, 6.45) is -3.89. The van der Waals surface area contributed by atoms with Crippen molar-refractivity contribution in [2.24, 2.45) is 0 Å². The Bertz CT molecular complexity index is 1640. The molecule has 0 bridgehead atoms. The van der Waals surface area contributed by atoms with Crippen molar-refractivity contribution in [1.82, 2.24) is 15.0 Å². The van der Waals surface area contributed by atoms with E-state index in [1.807, 2.05) is 0 Å². The van der Waals surface area contributed by atoms with Crippen LogP contribution in [0.5, 0.6) is 11.5 Å². The molecular formula is C26H23N3O8. The van der Waals surface area contributed by atoms with E-state index in [4.69, 9.17) is 9.47 Å². The molecule has 6 rings (SSSR count). The van der Waals surface area contributed by atoms with Crippen molar-refractivity contribution in [1.29, 1.82) is 0 Å². The van der Waals surface area contributed by atoms with Gasteiger partial charge in [0.2, 0.25) is 12.1 Å². The van der Waals surface area contributed by atoms with E-state index in [1.54, 1.807) is 36.5 Å². The Hall–Kier alpha value is -4.00. The molecule has 37 heavy (non-hydrogen) atoms. The summed E-state index contributed by atoms with van der Waals surface area (Å²) in [5.41, 5.74) is 2.50. The number of aromatic hydroxyl groups is 1. The topological polar surface area (TPSA) is 181 Å². The number of benzene rings is 2. The highest BCUT2D eigenvalue weighted by atomic mass is 16.7. The lowest BCUT2D eigenvalue weighted by atomic mass is 9.99. The number of phenols is 1. The zero-order chi connectivity index (χ0) is 25.8. The summed E-state index contributed by atoms with van der Waals surface area (Å²) in [5.74, 6) is 0.0196. The maximum absolute atomic E-state index is 13.5. The maximum Gasteiger partial charge on any atom is 0.229 e. The summed E-state index contributed by atoms with van der Waals surface area (Å²) >= 11 is 0. The number of fused-ring (bicyclic) bond motifs is 4. The summed E-state index contributed by atoms with van der Waals surface area (Å²) in [6, 6.07) is 11.5. The second-order valence-corrected chi connectivity index (χ2v) is 8.99. The van der Waals surface area contributed by atoms with E-state index in [0.717, 1.165) is 0 Å². The zero-order valence-corrected chi connectivity index (χ0v) is 19.2. The number of rotatable bonds is 5. The van der Waals surface area contributed by atoms with Gasteiger partial charge in [-0.15, -0.1) is 0 Å². The number of aromatic amines is 2. The van der Waals surface area contributed by atoms with Crippen LogP contribution in [0.4, 0.5) is 0 Å². The largest absolute Gasteiger partial charge is 0.508 e. The van der Waals surface area contributed by atoms with Crippen molar-refractivity contribution in [3.8, 4) is 11.5 Å². The third kappa shape index (κ3) is 3.80. The van der Waals surface area contributed by atoms with Gasteiger partial charge in [-0.25, -0.2) is 0 Å². The number of hydrogen-bond acceptors (Lipinski definition) is 9. The normalized spacial score (nSPS) is 24.2. The lowest BCUT2D eigenvalue weighted by Gasteiger charge is -2.39. The second-order valence-electron chi connectivity index (χ2n) is 8.99. The number of nitrogens with zero attached hydrogens (tertiary/aromatic N) is 1. The number of H-pyrrole nitrogens is 2. The minimum absolute atomic E-state index is 0.0462. The van der Waals surface area contributed by atoms with Gasteiger partial charge >= 0.3 is 0 Å². The SMILES string of the molecule is O=C(c1c[nH]c2ccc(O)cc12)c1nccc2c1[nH]c1ccc(O[C@@H]3O[C@H](CO)[C@@H](O)[C@H](O)[C@H]3O)cc12. The molecule has 0 radical (unpaired) electrons. The number of aliphatic hydroxyl groups excluding tert-OH is 4. The molecule has 5 atom stereocenters. The molecule has 7 N–H and O–H groups in total. The first-order chi connectivity index (χ1) is 17.9. The van der Waals surface area contributed by atoms with Crippen molar-refractivity contribution in [2.45, 2.75) is 30.7 Å². The van der Waals surface area contributed by atoms with Crippen LogP contribution < -0.4 is 4.74 Å². The quantitative estimate of drug-likeness (QED) is 0.173. The number of aliphatic hydroxyl groups is 4. The third-order valence-corrected chi connectivity index (χ3v) is 6.72. The van der Waals surface area contributed by atoms with E-state index in [-0.39, 0.29) is 17.2 Å². The molecule has 190 valence electrons. The number of aromatic nitrogens is 3. The van der Waals surface area contributed by atoms with Gasteiger partial charge in [-0.1, -0.05) is 0 Å². The number of pyridine rings is 1. The predicted octanol–water partition coefficient (Wildman–Crippen LogP) is 1.31. The van der Waals surface area contributed by atoms with Crippen LogP contribution in [0.25, 0.3) is 32.7 Å². The molecule has 2 aromatic carbocycles. The van der Waals surface area contributed by atoms with Crippen LogP contribution in [0, 0.1) is 0 Å². The minimum atomic E-state index is -1.56. The smallest absolute Gasteiger partial charge is 0.229 e. The first kappa shape index (κ1) is 23.4. The number of phenolic OH excluding ortho intramolecular Hbond substituents is 1. The van der Waals surface area contributed by atoms with Crippen molar-refractivity contribution in [3.05, 3.63) is 66.1 Å². The molecule has 1 aliphatic heterocycles. The van der Waals surface area contributed by atoms with E-state index in [0.29, 0.717) is 44.0 Å². The Morgan fingerprint density at radius 1 is 0.973 bits per heavy atom. The van der Waals surface area contributed by atoms with E-state index in [1.165, 1.54) is 18.3 Å². The number of ether oxygens (including phenoxy) is 2. The Morgan fingerprint density at radius 3 is 2.59 bits per heavy atom. The molecule has 5 aromatic rings. The average molecular weight is 505 g/mol. The molecule has 4 heterocycles. The van der Waals surface area contributed by atoms with Gasteiger partial charge in [0.25, 0.3) is 0 Å². The van der Waals surface area contributed by atoms with Gasteiger partial charge in [0.15, 0.2) is 0 Å². The van der Waals surface area contributed by atoms with Gasteiger partial charge in [0, 0.05) is 45.1 Å². The fourth-order valence-corrected chi connectivity index (χ4v) is 4.77. The van der Waals surface area contributed by atoms with Crippen LogP contribution in [0.15, 0.2) is 54.9 Å². The van der Waals surface area contributed by atoms with Crippen LogP contribution in [-0.4, -0.2) is 83.6 Å².